The van der Waals surface area contributed by atoms with Crippen molar-refractivity contribution in [3.8, 4) is 5.75 Å². The van der Waals surface area contributed by atoms with Gasteiger partial charge in [0.1, 0.15) is 5.75 Å². The lowest BCUT2D eigenvalue weighted by Gasteiger charge is -2.25. The van der Waals surface area contributed by atoms with E-state index in [1.165, 1.54) is 11.3 Å². The minimum absolute atomic E-state index is 0.100. The maximum absolute atomic E-state index is 11.4. The molecule has 116 valence electrons. The Morgan fingerprint density at radius 2 is 2.19 bits per heavy atom. The molecule has 2 rings (SSSR count). The van der Waals surface area contributed by atoms with Crippen molar-refractivity contribution in [2.75, 3.05) is 39.1 Å². The Labute approximate surface area is 126 Å². The molecule has 5 heteroatoms. The van der Waals surface area contributed by atoms with Gasteiger partial charge in [0.15, 0.2) is 0 Å². The molecule has 0 aromatic heterocycles. The lowest BCUT2D eigenvalue weighted by atomic mass is 9.80. The van der Waals surface area contributed by atoms with E-state index in [9.17, 15) is 4.79 Å². The first-order valence-electron chi connectivity index (χ1n) is 7.40. The molecule has 2 N–H and O–H groups in total. The topological polar surface area (TPSA) is 53.6 Å². The predicted molar refractivity (Wildman–Crippen MR) is 85.3 cm³/mol. The lowest BCUT2D eigenvalue weighted by molar-refractivity contribution is 0.203. The predicted octanol–water partition coefficient (Wildman–Crippen LogP) is 2.11. The van der Waals surface area contributed by atoms with Crippen LogP contribution in [0.1, 0.15) is 25.3 Å². The summed E-state index contributed by atoms with van der Waals surface area (Å²) in [5, 5.41) is 5.67. The first-order valence-corrected chi connectivity index (χ1v) is 7.40. The second-order valence-corrected chi connectivity index (χ2v) is 5.94. The van der Waals surface area contributed by atoms with E-state index in [0.29, 0.717) is 5.75 Å². The summed E-state index contributed by atoms with van der Waals surface area (Å²) in [6, 6.07) is 5.90. The van der Waals surface area contributed by atoms with Gasteiger partial charge in [-0.2, -0.15) is 0 Å². The molecule has 0 saturated carbocycles. The molecule has 0 radical (unpaired) electrons. The minimum atomic E-state index is -0.432. The van der Waals surface area contributed by atoms with Crippen molar-refractivity contribution in [2.24, 2.45) is 0 Å². The number of carbonyl (C=O) groups excluding carboxylic acids is 1. The second-order valence-electron chi connectivity index (χ2n) is 5.94. The zero-order valence-corrected chi connectivity index (χ0v) is 13.3. The highest BCUT2D eigenvalue weighted by molar-refractivity contribution is 5.71. The number of rotatable bonds is 5. The van der Waals surface area contributed by atoms with Crippen molar-refractivity contribution >= 4 is 11.8 Å². The molecular weight excluding hydrogens is 266 g/mol. The van der Waals surface area contributed by atoms with E-state index in [2.05, 4.69) is 29.5 Å². The number of anilines is 1. The highest BCUT2D eigenvalue weighted by Gasteiger charge is 2.37. The summed E-state index contributed by atoms with van der Waals surface area (Å²) in [7, 11) is 5.65. The van der Waals surface area contributed by atoms with Crippen molar-refractivity contribution in [1.82, 2.24) is 10.6 Å². The molecule has 0 spiro atoms. The summed E-state index contributed by atoms with van der Waals surface area (Å²) in [4.78, 5) is 13.6. The smallest absolute Gasteiger partial charge is 0.410 e. The van der Waals surface area contributed by atoms with Crippen LogP contribution in [0, 0.1) is 0 Å². The van der Waals surface area contributed by atoms with Gasteiger partial charge in [0.25, 0.3) is 0 Å². The van der Waals surface area contributed by atoms with Gasteiger partial charge in [-0.3, -0.25) is 0 Å². The molecule has 0 bridgehead atoms. The standard InChI is InChI=1S/C16H25N3O2/c1-16(8-5-9-17-2)11-19(4)14-7-6-12(10-13(14)16)21-15(20)18-3/h6-7,10,17H,5,8-9,11H2,1-4H3,(H,18,20)/t16-/m0/s1. The average Bonchev–Trinajstić information content (AvgIpc) is 2.71. The maximum Gasteiger partial charge on any atom is 0.412 e. The van der Waals surface area contributed by atoms with Crippen LogP contribution in [0.15, 0.2) is 18.2 Å². The molecule has 1 aliphatic rings. The van der Waals surface area contributed by atoms with Crippen LogP contribution < -0.4 is 20.3 Å². The number of nitrogens with one attached hydrogen (secondary N) is 2. The number of ether oxygens (including phenoxy) is 1. The largest absolute Gasteiger partial charge is 0.412 e. The Kier molecular flexibility index (Phi) is 4.73. The zero-order chi connectivity index (χ0) is 15.5. The van der Waals surface area contributed by atoms with Crippen molar-refractivity contribution in [1.29, 1.82) is 0 Å². The molecule has 1 aromatic carbocycles. The van der Waals surface area contributed by atoms with Crippen molar-refractivity contribution in [3.63, 3.8) is 0 Å². The Morgan fingerprint density at radius 1 is 1.43 bits per heavy atom. The fourth-order valence-corrected chi connectivity index (χ4v) is 3.12. The summed E-state index contributed by atoms with van der Waals surface area (Å²) < 4.78 is 5.26. The number of hydrogen-bond acceptors (Lipinski definition) is 4. The van der Waals surface area contributed by atoms with Crippen LogP contribution in [0.5, 0.6) is 5.75 Å². The quantitative estimate of drug-likeness (QED) is 0.816. The third kappa shape index (κ3) is 3.29. The number of likely N-dealkylation sites (N-methyl/N-ethyl adjacent to an activating group) is 1. The van der Waals surface area contributed by atoms with Crippen LogP contribution in [0.4, 0.5) is 10.5 Å². The number of benzene rings is 1. The normalized spacial score (nSPS) is 20.3. The summed E-state index contributed by atoms with van der Waals surface area (Å²) in [5.74, 6) is 0.600. The van der Waals surface area contributed by atoms with E-state index in [-0.39, 0.29) is 5.41 Å². The van der Waals surface area contributed by atoms with Crippen molar-refractivity contribution < 1.29 is 9.53 Å². The van der Waals surface area contributed by atoms with E-state index in [0.717, 1.165) is 25.9 Å². The Balaban J connectivity index is 2.24. The van der Waals surface area contributed by atoms with Crippen LogP contribution in [0.2, 0.25) is 0 Å². The van der Waals surface area contributed by atoms with E-state index in [1.54, 1.807) is 7.05 Å². The first kappa shape index (κ1) is 15.6. The van der Waals surface area contributed by atoms with E-state index in [1.807, 2.05) is 25.2 Å². The number of amides is 1. The summed E-state index contributed by atoms with van der Waals surface area (Å²) >= 11 is 0. The number of nitrogens with zero attached hydrogens (tertiary/aromatic N) is 1. The molecular formula is C16H25N3O2. The average molecular weight is 291 g/mol. The lowest BCUT2D eigenvalue weighted by Crippen LogP contribution is -2.29. The van der Waals surface area contributed by atoms with Crippen molar-refractivity contribution in [3.05, 3.63) is 23.8 Å². The Bertz CT molecular complexity index is 518. The number of fused-ring (bicyclic) bond motifs is 1. The van der Waals surface area contributed by atoms with Gasteiger partial charge in [0.2, 0.25) is 0 Å². The fourth-order valence-electron chi connectivity index (χ4n) is 3.12. The molecule has 0 fully saturated rings. The molecule has 0 aliphatic carbocycles. The molecule has 21 heavy (non-hydrogen) atoms. The summed E-state index contributed by atoms with van der Waals surface area (Å²) in [6.07, 6.45) is 1.80. The van der Waals surface area contributed by atoms with E-state index < -0.39 is 6.09 Å². The minimum Gasteiger partial charge on any atom is -0.410 e. The fraction of sp³-hybridized carbons (Fsp3) is 0.562. The molecule has 1 atom stereocenters. The number of hydrogen-bond donors (Lipinski definition) is 2. The molecule has 1 aromatic rings. The van der Waals surface area contributed by atoms with Gasteiger partial charge in [-0.1, -0.05) is 6.92 Å². The molecule has 0 saturated heterocycles. The van der Waals surface area contributed by atoms with E-state index in [4.69, 9.17) is 4.74 Å². The summed E-state index contributed by atoms with van der Waals surface area (Å²) in [5.41, 5.74) is 2.59. The third-order valence-electron chi connectivity index (χ3n) is 4.19. The van der Waals surface area contributed by atoms with Gasteiger partial charge >= 0.3 is 6.09 Å². The Morgan fingerprint density at radius 3 is 2.86 bits per heavy atom. The van der Waals surface area contributed by atoms with Crippen LogP contribution in [-0.2, 0) is 5.41 Å². The van der Waals surface area contributed by atoms with Gasteiger partial charge in [0.05, 0.1) is 0 Å². The van der Waals surface area contributed by atoms with Crippen LogP contribution >= 0.6 is 0 Å². The SMILES string of the molecule is CNCCC[C@@]1(C)CN(C)c2ccc(OC(=O)NC)cc21. The van der Waals surface area contributed by atoms with Crippen LogP contribution in [0.3, 0.4) is 0 Å². The molecule has 0 unspecified atom stereocenters. The highest BCUT2D eigenvalue weighted by Crippen LogP contribution is 2.44. The molecule has 1 amide bonds. The first-order chi connectivity index (χ1) is 10.00. The molecule has 5 nitrogen and oxygen atoms in total. The van der Waals surface area contributed by atoms with Crippen LogP contribution in [-0.4, -0.2) is 40.3 Å². The van der Waals surface area contributed by atoms with Gasteiger partial charge in [0, 0.05) is 31.7 Å². The van der Waals surface area contributed by atoms with Gasteiger partial charge in [-0.25, -0.2) is 4.79 Å². The molecule has 1 aliphatic heterocycles. The highest BCUT2D eigenvalue weighted by atomic mass is 16.5. The van der Waals surface area contributed by atoms with Crippen LogP contribution in [0.25, 0.3) is 0 Å². The Hall–Kier alpha value is -1.75. The monoisotopic (exact) mass is 291 g/mol. The van der Waals surface area contributed by atoms with Gasteiger partial charge < -0.3 is 20.3 Å². The van der Waals surface area contributed by atoms with E-state index >= 15 is 0 Å². The van der Waals surface area contributed by atoms with Crippen molar-refractivity contribution in [2.45, 2.75) is 25.2 Å². The summed E-state index contributed by atoms with van der Waals surface area (Å²) in [6.45, 7) is 4.30. The van der Waals surface area contributed by atoms with Gasteiger partial charge in [-0.05, 0) is 50.2 Å². The maximum atomic E-state index is 11.4. The third-order valence-corrected chi connectivity index (χ3v) is 4.19. The molecule has 1 heterocycles. The number of carbonyl (C=O) groups is 1. The van der Waals surface area contributed by atoms with Gasteiger partial charge in [-0.15, -0.1) is 0 Å². The zero-order valence-electron chi connectivity index (χ0n) is 13.3. The second kappa shape index (κ2) is 6.35.